The second-order valence-electron chi connectivity index (χ2n) is 33.4. The first-order valence-electron chi connectivity index (χ1n) is 41.4. The highest BCUT2D eigenvalue weighted by molar-refractivity contribution is 6.32. The molecule has 0 unspecified atom stereocenters. The molecule has 5 fully saturated rings. The van der Waals surface area contributed by atoms with Gasteiger partial charge in [0.2, 0.25) is 41.6 Å². The van der Waals surface area contributed by atoms with Crippen molar-refractivity contribution in [3.8, 4) is 57.1 Å². The number of rotatable bonds is 22. The third-order valence-electron chi connectivity index (χ3n) is 24.4. The van der Waals surface area contributed by atoms with Gasteiger partial charge in [-0.1, -0.05) is 88.9 Å². The van der Waals surface area contributed by atoms with Crippen LogP contribution >= 0.6 is 23.2 Å². The molecular weight excluding hydrogens is 1590 g/mol. The van der Waals surface area contributed by atoms with Gasteiger partial charge in [0.05, 0.1) is 33.3 Å². The van der Waals surface area contributed by atoms with Crippen molar-refractivity contribution in [3.05, 3.63) is 135 Å². The van der Waals surface area contributed by atoms with E-state index in [1.165, 1.54) is 48.5 Å². The second kappa shape index (κ2) is 37.9. The van der Waals surface area contributed by atoms with E-state index >= 15 is 28.8 Å². The van der Waals surface area contributed by atoms with Gasteiger partial charge < -0.3 is 103 Å². The maximum atomic E-state index is 16.6. The highest BCUT2D eigenvalue weighted by Crippen LogP contribution is 2.58. The van der Waals surface area contributed by atoms with Crippen molar-refractivity contribution in [2.45, 2.75) is 204 Å². The van der Waals surface area contributed by atoms with E-state index in [1.807, 2.05) is 20.8 Å². The number of fused-ring (bicyclic) bond motifs is 15. The largest absolute Gasteiger partial charge is 0.508 e. The zero-order chi connectivity index (χ0) is 85.8. The standard InChI is InChI=1S/C88H105Cl2N9O21/c1-6-9-19-92-59-15-14-51(34-60(59)93-20-10-7-2)94-88(116)95-71(106)33-50-30-63(103)75(98-83(112)43(8-3)21-40(4)5)77(107)45-12-17-66(57(89)28-45)117-68-31-49-32-69(82(68)120-87-81(111)80(110)79(109)70(39-91)119-87)118-67-18-13-46(29-58(67)90)78(108)76-86(115)97-74(65(105)37-53-47-23-41-22-42(25-47)26-48(53)24-41)56-35-52(100)36-62(102)72(56)55-27-44(11-16-61(55)101)54(85(114)99-76)38-64(104)73(49)96-84(50)113/h11-18,27-29,31-32,34-36,40-43,47-48,50,53-54,70,73-81,87,92-93,100-102,107-111H,6-10,19-26,30,33,37-39,91H2,1-5H3,(H,96,113)(H,97,115)(H,98,112)(H,99,114)(H2,94,95,106,116)/t41?,42?,43-,47?,48?,50+,53?,54-,70-,73-,74+,75+,76+,77-,78-,79-,80+,81-,87+/m1/s1. The maximum Gasteiger partial charge on any atom is 0.325 e. The van der Waals surface area contributed by atoms with Crippen molar-refractivity contribution in [1.29, 1.82) is 0 Å². The number of carbonyl (C=O) groups excluding carboxylic acids is 9. The number of aliphatic hydroxyl groups excluding tert-OH is 5. The maximum absolute atomic E-state index is 16.6. The Morgan fingerprint density at radius 2 is 1.26 bits per heavy atom. The molecule has 0 radical (unpaired) electrons. The van der Waals surface area contributed by atoms with Crippen molar-refractivity contribution < 1.29 is 103 Å². The molecule has 10 aliphatic rings. The lowest BCUT2D eigenvalue weighted by Gasteiger charge is -2.54. The number of unbranched alkanes of at least 4 members (excludes halogenated alkanes) is 2. The monoisotopic (exact) mass is 1690 g/mol. The van der Waals surface area contributed by atoms with Gasteiger partial charge in [0.25, 0.3) is 0 Å². The summed E-state index contributed by atoms with van der Waals surface area (Å²) in [5, 5.41) is 117. The minimum atomic E-state index is -2.21. The van der Waals surface area contributed by atoms with Crippen molar-refractivity contribution in [3.63, 3.8) is 0 Å². The van der Waals surface area contributed by atoms with Gasteiger partial charge in [-0.15, -0.1) is 0 Å². The predicted molar refractivity (Wildman–Crippen MR) is 442 cm³/mol. The lowest BCUT2D eigenvalue weighted by Crippen LogP contribution is -2.60. The van der Waals surface area contributed by atoms with E-state index in [4.69, 9.17) is 47.9 Å². The number of halogens is 2. The highest BCUT2D eigenvalue weighted by atomic mass is 35.5. The Bertz CT molecular complexity index is 4870. The fourth-order valence-electron chi connectivity index (χ4n) is 18.3. The molecule has 15 bridgehead atoms. The van der Waals surface area contributed by atoms with Crippen LogP contribution in [-0.4, -0.2) is 156 Å². The van der Waals surface area contributed by atoms with Gasteiger partial charge in [-0.3, -0.25) is 43.7 Å². The number of urea groups is 1. The third-order valence-corrected chi connectivity index (χ3v) is 25.0. The number of nitrogens with two attached hydrogens (primary N) is 1. The zero-order valence-electron chi connectivity index (χ0n) is 67.2. The number of anilines is 3. The van der Waals surface area contributed by atoms with Crippen LogP contribution in [-0.2, 0) is 43.1 Å². The van der Waals surface area contributed by atoms with Crippen molar-refractivity contribution >= 4 is 93.2 Å². The molecule has 18 N–H and O–H groups in total. The number of hydrogen-bond acceptors (Lipinski definition) is 24. The van der Waals surface area contributed by atoms with E-state index in [9.17, 15) is 55.2 Å². The molecule has 6 aliphatic heterocycles. The topological polar surface area (TPSA) is 475 Å². The lowest BCUT2D eigenvalue weighted by molar-refractivity contribution is -0.270. The molecule has 0 spiro atoms. The number of carbonyl (C=O) groups is 9. The molecule has 1 saturated heterocycles. The molecule has 6 heterocycles. The number of Topliss-reactive ketones (excluding diaryl/α,β-unsaturated/α-hetero) is 3. The number of aliphatic hydroxyl groups is 5. The van der Waals surface area contributed by atoms with Gasteiger partial charge in [-0.25, -0.2) is 4.79 Å². The summed E-state index contributed by atoms with van der Waals surface area (Å²) in [6.07, 6.45) is -7.73. The number of benzene rings is 6. The Hall–Kier alpha value is -10.2. The van der Waals surface area contributed by atoms with Gasteiger partial charge in [0.15, 0.2) is 28.8 Å². The van der Waals surface area contributed by atoms with Crippen LogP contribution in [0.15, 0.2) is 97.1 Å². The van der Waals surface area contributed by atoms with Crippen LogP contribution in [0.25, 0.3) is 11.1 Å². The van der Waals surface area contributed by atoms with Crippen molar-refractivity contribution in [2.75, 3.05) is 35.6 Å². The van der Waals surface area contributed by atoms with Crippen LogP contribution in [0.5, 0.6) is 46.0 Å². The van der Waals surface area contributed by atoms with Crippen molar-refractivity contribution in [2.24, 2.45) is 53.1 Å². The Labute approximate surface area is 703 Å². The Morgan fingerprint density at radius 1 is 0.625 bits per heavy atom. The average molecular weight is 1700 g/mol. The molecule has 6 aromatic rings. The predicted octanol–water partition coefficient (Wildman–Crippen LogP) is 10.5. The molecule has 32 heteroatoms. The first-order valence-corrected chi connectivity index (χ1v) is 42.1. The molecule has 120 heavy (non-hydrogen) atoms. The summed E-state index contributed by atoms with van der Waals surface area (Å²) < 4.78 is 25.9. The van der Waals surface area contributed by atoms with Crippen LogP contribution in [0.3, 0.4) is 0 Å². The molecular formula is C88H105Cl2N9O21. The van der Waals surface area contributed by atoms with Gasteiger partial charge in [0, 0.05) is 74.1 Å². The Balaban J connectivity index is 0.980. The van der Waals surface area contributed by atoms with Crippen LogP contribution in [0.1, 0.15) is 189 Å². The summed E-state index contributed by atoms with van der Waals surface area (Å²) in [7, 11) is 0. The number of hydrogen-bond donors (Lipinski definition) is 17. The Kier molecular flexibility index (Phi) is 27.7. The van der Waals surface area contributed by atoms with E-state index < -0.39 is 198 Å². The molecule has 30 nitrogen and oxygen atoms in total. The van der Waals surface area contributed by atoms with Gasteiger partial charge in [0.1, 0.15) is 89.5 Å². The minimum absolute atomic E-state index is 0.0364. The number of ketones is 3. The summed E-state index contributed by atoms with van der Waals surface area (Å²) in [6.45, 7) is 10.4. The average Bonchev–Trinajstić information content (AvgIpc) is 0.758. The van der Waals surface area contributed by atoms with Gasteiger partial charge in [-0.05, 0) is 194 Å². The second-order valence-corrected chi connectivity index (χ2v) is 34.2. The number of phenols is 3. The molecule has 4 saturated carbocycles. The van der Waals surface area contributed by atoms with E-state index in [-0.39, 0.29) is 103 Å². The number of nitrogens with one attached hydrogen (secondary N) is 8. The first-order chi connectivity index (χ1) is 57.4. The fourth-order valence-corrected chi connectivity index (χ4v) is 18.8. The minimum Gasteiger partial charge on any atom is -0.508 e. The molecule has 0 aromatic heterocycles. The summed E-state index contributed by atoms with van der Waals surface area (Å²) in [5.41, 5.74) is 6.14. The van der Waals surface area contributed by atoms with Crippen LogP contribution < -0.4 is 62.5 Å². The molecule has 7 amide bonds. The van der Waals surface area contributed by atoms with E-state index in [1.54, 1.807) is 25.1 Å². The van der Waals surface area contributed by atoms with E-state index in [0.717, 1.165) is 93.8 Å². The van der Waals surface area contributed by atoms with Gasteiger partial charge >= 0.3 is 6.03 Å². The smallest absolute Gasteiger partial charge is 0.325 e. The van der Waals surface area contributed by atoms with E-state index in [0.29, 0.717) is 37.0 Å². The highest BCUT2D eigenvalue weighted by Gasteiger charge is 2.51. The fraction of sp³-hybridized carbons (Fsp3) is 0.489. The lowest BCUT2D eigenvalue weighted by atomic mass is 9.51. The summed E-state index contributed by atoms with van der Waals surface area (Å²) in [5.74, 6) is -15.7. The zero-order valence-corrected chi connectivity index (χ0v) is 68.7. The molecule has 6 aromatic carbocycles. The molecule has 16 rings (SSSR count). The number of phenolic OH excluding ortho intramolecular Hbond substituents is 3. The first kappa shape index (κ1) is 87.7. The number of imide groups is 1. The Morgan fingerprint density at radius 3 is 1.88 bits per heavy atom. The summed E-state index contributed by atoms with van der Waals surface area (Å²) >= 11 is 14.4. The quantitative estimate of drug-likeness (QED) is 0.0281. The van der Waals surface area contributed by atoms with Gasteiger partial charge in [-0.2, -0.15) is 0 Å². The molecule has 14 atom stereocenters. The normalized spacial score (nSPS) is 27.3. The van der Waals surface area contributed by atoms with Crippen LogP contribution in [0.4, 0.5) is 21.9 Å². The SMILES string of the molecule is CCCCNc1ccc(NC(=O)NC(=O)C[C@@H]2CC(=O)[C@H](NC(=O)[C@H](CC)CC(C)C)[C@H](O)c3ccc(c(Cl)c3)Oc3cc4cc(c3O[C@@H]3O[C@H](CN)[C@@H](O)[C@H](O)[C@H]3O)Oc3ccc(cc3Cl)[C@@H](O)[C@@H]3NC(=O)[C@H](CC(=O)[C@@H]4NC2=O)c2ccc(O)c(c2)-c2c(O)cc(O)cc2[C@@H](C(=O)CC2C4CC5CC(C4)CC2C5)NC3=O)cc1NCCCC. The molecule has 4 aliphatic carbocycles. The van der Waals surface area contributed by atoms with Crippen LogP contribution in [0, 0.1) is 47.3 Å². The summed E-state index contributed by atoms with van der Waals surface area (Å²) in [6, 6.07) is 11.3. The number of amides is 7. The number of ether oxygens (including phenoxy) is 4. The summed E-state index contributed by atoms with van der Waals surface area (Å²) in [4.78, 5) is 139. The van der Waals surface area contributed by atoms with Crippen molar-refractivity contribution in [1.82, 2.24) is 26.6 Å². The van der Waals surface area contributed by atoms with E-state index in [2.05, 4.69) is 49.5 Å². The van der Waals surface area contributed by atoms with Crippen LogP contribution in [0.2, 0.25) is 10.0 Å². The number of aromatic hydroxyl groups is 3. The third kappa shape index (κ3) is 19.4. The molecule has 642 valence electrons.